The normalized spacial score (nSPS) is 17.4. The van der Waals surface area contributed by atoms with Crippen molar-refractivity contribution in [2.45, 2.75) is 78.2 Å². The molecule has 0 aliphatic heterocycles. The Bertz CT molecular complexity index is 533. The molecule has 1 saturated carbocycles. The average molecular weight is 337 g/mol. The second-order valence-corrected chi connectivity index (χ2v) is 7.97. The van der Waals surface area contributed by atoms with E-state index in [2.05, 4.69) is 15.5 Å². The van der Waals surface area contributed by atoms with E-state index in [0.29, 0.717) is 31.2 Å². The molecule has 0 spiro atoms. The van der Waals surface area contributed by atoms with E-state index in [1.54, 1.807) is 0 Å². The first-order valence-corrected chi connectivity index (χ1v) is 9.06. The Morgan fingerprint density at radius 2 is 2.00 bits per heavy atom. The van der Waals surface area contributed by atoms with Gasteiger partial charge in [0.25, 0.3) is 0 Å². The van der Waals surface area contributed by atoms with Gasteiger partial charge in [0.1, 0.15) is 0 Å². The Balaban J connectivity index is 1.75. The highest BCUT2D eigenvalue weighted by atomic mass is 16.4. The molecule has 1 aromatic rings. The van der Waals surface area contributed by atoms with E-state index >= 15 is 0 Å². The second kappa shape index (κ2) is 8.10. The predicted octanol–water partition coefficient (Wildman–Crippen LogP) is 2.82. The van der Waals surface area contributed by atoms with Gasteiger partial charge in [-0.25, -0.2) is 0 Å². The number of aryl methyl sites for hydroxylation is 1. The van der Waals surface area contributed by atoms with E-state index in [4.69, 9.17) is 4.42 Å². The lowest BCUT2D eigenvalue weighted by molar-refractivity contribution is -0.122. The summed E-state index contributed by atoms with van der Waals surface area (Å²) in [7, 11) is 0. The highest BCUT2D eigenvalue weighted by molar-refractivity contribution is 5.76. The standard InChI is InChI=1S/C18H31N3O3/c1-12(2)16(23)18(3,4)11-19-14(22)9-10-15-20-21-17(24-15)13-7-5-6-8-13/h12-13,16,23H,5-11H2,1-4H3,(H,19,22). The largest absolute Gasteiger partial charge is 0.425 e. The summed E-state index contributed by atoms with van der Waals surface area (Å²) in [6.45, 7) is 8.33. The van der Waals surface area contributed by atoms with E-state index < -0.39 is 6.10 Å². The number of aliphatic hydroxyl groups is 1. The van der Waals surface area contributed by atoms with E-state index in [0.717, 1.165) is 18.7 Å². The molecule has 0 bridgehead atoms. The van der Waals surface area contributed by atoms with Crippen LogP contribution in [0.25, 0.3) is 0 Å². The SMILES string of the molecule is CC(C)C(O)C(C)(C)CNC(=O)CCc1nnc(C2CCCC2)o1. The third-order valence-corrected chi connectivity index (χ3v) is 4.93. The summed E-state index contributed by atoms with van der Waals surface area (Å²) < 4.78 is 5.69. The molecule has 136 valence electrons. The van der Waals surface area contributed by atoms with Crippen LogP contribution in [0.15, 0.2) is 4.42 Å². The maximum absolute atomic E-state index is 12.0. The van der Waals surface area contributed by atoms with Crippen LogP contribution in [0.2, 0.25) is 0 Å². The fraction of sp³-hybridized carbons (Fsp3) is 0.833. The number of rotatable bonds is 8. The zero-order valence-corrected chi connectivity index (χ0v) is 15.3. The lowest BCUT2D eigenvalue weighted by Gasteiger charge is -2.33. The van der Waals surface area contributed by atoms with Crippen LogP contribution < -0.4 is 5.32 Å². The third kappa shape index (κ3) is 5.03. The third-order valence-electron chi connectivity index (χ3n) is 4.93. The Hall–Kier alpha value is -1.43. The van der Waals surface area contributed by atoms with Gasteiger partial charge in [0.05, 0.1) is 6.10 Å². The minimum absolute atomic E-state index is 0.0559. The fourth-order valence-electron chi connectivity index (χ4n) is 3.35. The molecule has 1 heterocycles. The summed E-state index contributed by atoms with van der Waals surface area (Å²) in [5, 5.41) is 21.3. The molecule has 24 heavy (non-hydrogen) atoms. The highest BCUT2D eigenvalue weighted by Gasteiger charge is 2.30. The fourth-order valence-corrected chi connectivity index (χ4v) is 3.35. The molecule has 1 aliphatic rings. The number of nitrogens with one attached hydrogen (secondary N) is 1. The van der Waals surface area contributed by atoms with Gasteiger partial charge in [0, 0.05) is 30.7 Å². The number of nitrogens with zero attached hydrogens (tertiary/aromatic N) is 2. The van der Waals surface area contributed by atoms with Crippen molar-refractivity contribution in [3.63, 3.8) is 0 Å². The first kappa shape index (κ1) is 18.9. The minimum atomic E-state index is -0.456. The monoisotopic (exact) mass is 337 g/mol. The molecule has 1 amide bonds. The van der Waals surface area contributed by atoms with Crippen molar-refractivity contribution in [1.82, 2.24) is 15.5 Å². The minimum Gasteiger partial charge on any atom is -0.425 e. The molecule has 1 atom stereocenters. The zero-order chi connectivity index (χ0) is 17.7. The number of aromatic nitrogens is 2. The first-order valence-electron chi connectivity index (χ1n) is 9.06. The summed E-state index contributed by atoms with van der Waals surface area (Å²) in [4.78, 5) is 12.0. The molecule has 6 heteroatoms. The van der Waals surface area contributed by atoms with E-state index in [1.165, 1.54) is 12.8 Å². The van der Waals surface area contributed by atoms with Crippen LogP contribution in [0.5, 0.6) is 0 Å². The molecule has 1 fully saturated rings. The number of hydrogen-bond acceptors (Lipinski definition) is 5. The van der Waals surface area contributed by atoms with Crippen LogP contribution in [-0.2, 0) is 11.2 Å². The molecular formula is C18H31N3O3. The highest BCUT2D eigenvalue weighted by Crippen LogP contribution is 2.33. The van der Waals surface area contributed by atoms with Gasteiger partial charge < -0.3 is 14.8 Å². The molecular weight excluding hydrogens is 306 g/mol. The Labute approximate surface area is 144 Å². The maximum Gasteiger partial charge on any atom is 0.220 e. The molecule has 1 aliphatic carbocycles. The van der Waals surface area contributed by atoms with Gasteiger partial charge in [-0.05, 0) is 18.8 Å². The maximum atomic E-state index is 12.0. The summed E-state index contributed by atoms with van der Waals surface area (Å²) in [6.07, 6.45) is 5.01. The number of carbonyl (C=O) groups is 1. The van der Waals surface area contributed by atoms with Gasteiger partial charge in [-0.15, -0.1) is 10.2 Å². The van der Waals surface area contributed by atoms with Crippen molar-refractivity contribution in [1.29, 1.82) is 0 Å². The van der Waals surface area contributed by atoms with Gasteiger partial charge in [0.2, 0.25) is 17.7 Å². The Kier molecular flexibility index (Phi) is 6.38. The van der Waals surface area contributed by atoms with Gasteiger partial charge in [0.15, 0.2) is 0 Å². The number of carbonyl (C=O) groups excluding carboxylic acids is 1. The van der Waals surface area contributed by atoms with Crippen LogP contribution in [0.1, 0.15) is 77.5 Å². The average Bonchev–Trinajstić information content (AvgIpc) is 3.20. The molecule has 2 N–H and O–H groups in total. The molecule has 1 unspecified atom stereocenters. The quantitative estimate of drug-likeness (QED) is 0.761. The van der Waals surface area contributed by atoms with Crippen LogP contribution in [0, 0.1) is 11.3 Å². The van der Waals surface area contributed by atoms with Crippen molar-refractivity contribution in [2.75, 3.05) is 6.54 Å². The summed E-state index contributed by atoms with van der Waals surface area (Å²) in [5.41, 5.74) is -0.357. The van der Waals surface area contributed by atoms with Crippen molar-refractivity contribution in [3.05, 3.63) is 11.8 Å². The summed E-state index contributed by atoms with van der Waals surface area (Å²) in [6, 6.07) is 0. The summed E-state index contributed by atoms with van der Waals surface area (Å²) in [5.74, 6) is 1.76. The molecule has 0 aromatic carbocycles. The van der Waals surface area contributed by atoms with Gasteiger partial charge >= 0.3 is 0 Å². The van der Waals surface area contributed by atoms with E-state index in [1.807, 2.05) is 27.7 Å². The van der Waals surface area contributed by atoms with Crippen LogP contribution in [0.3, 0.4) is 0 Å². The van der Waals surface area contributed by atoms with E-state index in [9.17, 15) is 9.90 Å². The van der Waals surface area contributed by atoms with Crippen molar-refractivity contribution in [3.8, 4) is 0 Å². The second-order valence-electron chi connectivity index (χ2n) is 7.97. The summed E-state index contributed by atoms with van der Waals surface area (Å²) >= 11 is 0. The predicted molar refractivity (Wildman–Crippen MR) is 91.5 cm³/mol. The smallest absolute Gasteiger partial charge is 0.220 e. The molecule has 1 aromatic heterocycles. The van der Waals surface area contributed by atoms with Gasteiger partial charge in [-0.1, -0.05) is 40.5 Å². The van der Waals surface area contributed by atoms with E-state index in [-0.39, 0.29) is 17.2 Å². The van der Waals surface area contributed by atoms with Crippen molar-refractivity contribution < 1.29 is 14.3 Å². The molecule has 2 rings (SSSR count). The Morgan fingerprint density at radius 1 is 1.33 bits per heavy atom. The molecule has 6 nitrogen and oxygen atoms in total. The Morgan fingerprint density at radius 3 is 2.62 bits per heavy atom. The topological polar surface area (TPSA) is 88.2 Å². The lowest BCUT2D eigenvalue weighted by atomic mass is 9.80. The number of amides is 1. The lowest BCUT2D eigenvalue weighted by Crippen LogP contribution is -2.43. The number of hydrogen-bond donors (Lipinski definition) is 2. The molecule has 0 radical (unpaired) electrons. The van der Waals surface area contributed by atoms with Crippen LogP contribution in [-0.4, -0.2) is 33.9 Å². The van der Waals surface area contributed by atoms with Crippen molar-refractivity contribution >= 4 is 5.91 Å². The van der Waals surface area contributed by atoms with Gasteiger partial charge in [-0.2, -0.15) is 0 Å². The van der Waals surface area contributed by atoms with Gasteiger partial charge in [-0.3, -0.25) is 4.79 Å². The van der Waals surface area contributed by atoms with Crippen LogP contribution >= 0.6 is 0 Å². The number of aliphatic hydroxyl groups excluding tert-OH is 1. The first-order chi connectivity index (χ1) is 11.3. The van der Waals surface area contributed by atoms with Crippen LogP contribution in [0.4, 0.5) is 0 Å². The molecule has 0 saturated heterocycles. The zero-order valence-electron chi connectivity index (χ0n) is 15.3. The van der Waals surface area contributed by atoms with Crippen molar-refractivity contribution in [2.24, 2.45) is 11.3 Å².